The second-order valence-corrected chi connectivity index (χ2v) is 7.73. The number of nitrogens with zero attached hydrogens (tertiary/aromatic N) is 4. The molecule has 2 aromatic rings. The maximum Gasteiger partial charge on any atom is 0.249 e. The topological polar surface area (TPSA) is 87.9 Å². The first kappa shape index (κ1) is 17.2. The molecule has 7 heteroatoms. The molecule has 1 saturated heterocycles. The third kappa shape index (κ3) is 3.27. The second kappa shape index (κ2) is 7.21. The molecule has 1 amide bonds. The van der Waals surface area contributed by atoms with Crippen molar-refractivity contribution in [2.75, 3.05) is 6.54 Å². The van der Waals surface area contributed by atoms with E-state index in [0.717, 1.165) is 37.9 Å². The summed E-state index contributed by atoms with van der Waals surface area (Å²) in [5, 5.41) is 11.7. The van der Waals surface area contributed by atoms with E-state index in [1.54, 1.807) is 0 Å². The Morgan fingerprint density at radius 2 is 2.15 bits per heavy atom. The molecule has 140 valence electrons. The van der Waals surface area contributed by atoms with E-state index in [1.165, 1.54) is 24.1 Å². The molecule has 0 spiro atoms. The van der Waals surface area contributed by atoms with Gasteiger partial charge in [-0.15, -0.1) is 0 Å². The molecular formula is C19H27N5O2. The van der Waals surface area contributed by atoms with Crippen LogP contribution in [0, 0.1) is 0 Å². The third-order valence-corrected chi connectivity index (χ3v) is 5.55. The molecule has 1 atom stereocenters. The number of hydrogen-bond acceptors (Lipinski definition) is 5. The van der Waals surface area contributed by atoms with Crippen molar-refractivity contribution in [2.45, 2.75) is 77.2 Å². The van der Waals surface area contributed by atoms with Crippen LogP contribution in [0.1, 0.15) is 86.6 Å². The Balaban J connectivity index is 1.41. The van der Waals surface area contributed by atoms with Crippen LogP contribution in [0.5, 0.6) is 0 Å². The van der Waals surface area contributed by atoms with E-state index in [9.17, 15) is 4.79 Å². The van der Waals surface area contributed by atoms with Crippen LogP contribution in [0.25, 0.3) is 0 Å². The van der Waals surface area contributed by atoms with Crippen molar-refractivity contribution in [1.29, 1.82) is 0 Å². The number of hydrogen-bond donors (Lipinski definition) is 1. The van der Waals surface area contributed by atoms with E-state index < -0.39 is 0 Å². The van der Waals surface area contributed by atoms with Crippen LogP contribution < -0.4 is 0 Å². The Morgan fingerprint density at radius 3 is 2.96 bits per heavy atom. The fourth-order valence-corrected chi connectivity index (χ4v) is 4.06. The summed E-state index contributed by atoms with van der Waals surface area (Å²) in [7, 11) is 0. The fraction of sp³-hybridized carbons (Fsp3) is 0.684. The van der Waals surface area contributed by atoms with Crippen LogP contribution >= 0.6 is 0 Å². The van der Waals surface area contributed by atoms with Gasteiger partial charge in [0, 0.05) is 31.0 Å². The summed E-state index contributed by atoms with van der Waals surface area (Å²) in [6.07, 6.45) is 7.68. The molecule has 0 unspecified atom stereocenters. The van der Waals surface area contributed by atoms with Crippen LogP contribution in [0.4, 0.5) is 0 Å². The van der Waals surface area contributed by atoms with E-state index in [2.05, 4.69) is 20.3 Å². The van der Waals surface area contributed by atoms with E-state index in [4.69, 9.17) is 4.52 Å². The SMILES string of the molecule is CC(C)c1noc([C@H]2CCCN2C(=O)CCc2n[nH]c3c2CCCC3)n1. The lowest BCUT2D eigenvalue weighted by Gasteiger charge is -2.22. The minimum atomic E-state index is -0.0735. The molecule has 26 heavy (non-hydrogen) atoms. The summed E-state index contributed by atoms with van der Waals surface area (Å²) in [6.45, 7) is 4.84. The molecule has 2 aromatic heterocycles. The lowest BCUT2D eigenvalue weighted by Crippen LogP contribution is -2.31. The van der Waals surface area contributed by atoms with Crippen molar-refractivity contribution in [2.24, 2.45) is 0 Å². The molecule has 0 saturated carbocycles. The monoisotopic (exact) mass is 357 g/mol. The summed E-state index contributed by atoms with van der Waals surface area (Å²) in [5.41, 5.74) is 3.69. The van der Waals surface area contributed by atoms with Gasteiger partial charge in [0.2, 0.25) is 11.8 Å². The Kier molecular flexibility index (Phi) is 4.78. The number of nitrogens with one attached hydrogen (secondary N) is 1. The van der Waals surface area contributed by atoms with Gasteiger partial charge in [0.15, 0.2) is 5.82 Å². The van der Waals surface area contributed by atoms with Crippen LogP contribution in [-0.4, -0.2) is 37.7 Å². The van der Waals surface area contributed by atoms with Crippen LogP contribution in [-0.2, 0) is 24.1 Å². The van der Waals surface area contributed by atoms with Crippen LogP contribution in [0.2, 0.25) is 0 Å². The van der Waals surface area contributed by atoms with Gasteiger partial charge in [0.25, 0.3) is 0 Å². The molecule has 1 aliphatic heterocycles. The zero-order valence-corrected chi connectivity index (χ0v) is 15.6. The summed E-state index contributed by atoms with van der Waals surface area (Å²) in [5.74, 6) is 1.67. The number of fused-ring (bicyclic) bond motifs is 1. The number of carbonyl (C=O) groups excluding carboxylic acids is 1. The smallest absolute Gasteiger partial charge is 0.249 e. The van der Waals surface area contributed by atoms with Crippen molar-refractivity contribution in [1.82, 2.24) is 25.2 Å². The van der Waals surface area contributed by atoms with Gasteiger partial charge in [-0.1, -0.05) is 19.0 Å². The highest BCUT2D eigenvalue weighted by Crippen LogP contribution is 2.32. The Morgan fingerprint density at radius 1 is 1.31 bits per heavy atom. The zero-order chi connectivity index (χ0) is 18.1. The van der Waals surface area contributed by atoms with Gasteiger partial charge in [0.1, 0.15) is 6.04 Å². The maximum absolute atomic E-state index is 12.8. The molecule has 1 fully saturated rings. The molecule has 7 nitrogen and oxygen atoms in total. The number of aryl methyl sites for hydroxylation is 2. The Bertz CT molecular complexity index is 779. The Hall–Kier alpha value is -2.18. The first-order chi connectivity index (χ1) is 12.6. The van der Waals surface area contributed by atoms with Gasteiger partial charge in [-0.2, -0.15) is 10.1 Å². The number of H-pyrrole nitrogens is 1. The summed E-state index contributed by atoms with van der Waals surface area (Å²) in [4.78, 5) is 19.2. The largest absolute Gasteiger partial charge is 0.337 e. The van der Waals surface area contributed by atoms with Crippen LogP contribution in [0.15, 0.2) is 4.52 Å². The average Bonchev–Trinajstić information content (AvgIpc) is 3.37. The van der Waals surface area contributed by atoms with Gasteiger partial charge in [-0.25, -0.2) is 0 Å². The highest BCUT2D eigenvalue weighted by Gasteiger charge is 2.34. The minimum absolute atomic E-state index is 0.0735. The number of rotatable bonds is 5. The van der Waals surface area contributed by atoms with E-state index in [-0.39, 0.29) is 17.9 Å². The molecule has 0 radical (unpaired) electrons. The van der Waals surface area contributed by atoms with E-state index in [1.807, 2.05) is 18.7 Å². The molecule has 4 rings (SSSR count). The molecule has 1 N–H and O–H groups in total. The van der Waals surface area contributed by atoms with Crippen molar-refractivity contribution >= 4 is 5.91 Å². The first-order valence-electron chi connectivity index (χ1n) is 9.81. The summed E-state index contributed by atoms with van der Waals surface area (Å²) >= 11 is 0. The molecule has 0 aromatic carbocycles. The number of aromatic nitrogens is 4. The number of likely N-dealkylation sites (tertiary alicyclic amines) is 1. The van der Waals surface area contributed by atoms with E-state index >= 15 is 0 Å². The molecule has 2 aliphatic rings. The predicted molar refractivity (Wildman–Crippen MR) is 95.6 cm³/mol. The van der Waals surface area contributed by atoms with E-state index in [0.29, 0.717) is 24.6 Å². The standard InChI is InChI=1S/C19H27N5O2/c1-12(2)18-20-19(26-23-18)16-8-5-11-24(16)17(25)10-9-15-13-6-3-4-7-14(13)21-22-15/h12,16H,3-11H2,1-2H3,(H,21,22)/t16-/m1/s1. The molecular weight excluding hydrogens is 330 g/mol. The Labute approximate surface area is 153 Å². The summed E-state index contributed by atoms with van der Waals surface area (Å²) in [6, 6.07) is -0.0735. The lowest BCUT2D eigenvalue weighted by atomic mass is 9.94. The van der Waals surface area contributed by atoms with Gasteiger partial charge in [0.05, 0.1) is 5.69 Å². The third-order valence-electron chi connectivity index (χ3n) is 5.55. The normalized spacial score (nSPS) is 20.0. The summed E-state index contributed by atoms with van der Waals surface area (Å²) < 4.78 is 5.44. The highest BCUT2D eigenvalue weighted by molar-refractivity contribution is 5.77. The first-order valence-corrected chi connectivity index (χ1v) is 9.81. The highest BCUT2D eigenvalue weighted by atomic mass is 16.5. The van der Waals surface area contributed by atoms with Crippen molar-refractivity contribution in [3.05, 3.63) is 28.7 Å². The fourth-order valence-electron chi connectivity index (χ4n) is 4.06. The second-order valence-electron chi connectivity index (χ2n) is 7.73. The molecule has 1 aliphatic carbocycles. The van der Waals surface area contributed by atoms with Gasteiger partial charge < -0.3 is 9.42 Å². The maximum atomic E-state index is 12.8. The average molecular weight is 357 g/mol. The van der Waals surface area contributed by atoms with Gasteiger partial charge >= 0.3 is 0 Å². The predicted octanol–water partition coefficient (Wildman–Crippen LogP) is 3.09. The van der Waals surface area contributed by atoms with Crippen molar-refractivity contribution in [3.63, 3.8) is 0 Å². The molecule has 0 bridgehead atoms. The van der Waals surface area contributed by atoms with Gasteiger partial charge in [-0.3, -0.25) is 9.89 Å². The van der Waals surface area contributed by atoms with Gasteiger partial charge in [-0.05, 0) is 44.1 Å². The van der Waals surface area contributed by atoms with Crippen molar-refractivity contribution < 1.29 is 9.32 Å². The number of carbonyl (C=O) groups is 1. The lowest BCUT2D eigenvalue weighted by molar-refractivity contribution is -0.132. The molecule has 3 heterocycles. The zero-order valence-electron chi connectivity index (χ0n) is 15.6. The minimum Gasteiger partial charge on any atom is -0.337 e. The number of amides is 1. The number of aromatic amines is 1. The quantitative estimate of drug-likeness (QED) is 0.888. The van der Waals surface area contributed by atoms with Crippen molar-refractivity contribution in [3.8, 4) is 0 Å². The van der Waals surface area contributed by atoms with Crippen LogP contribution in [0.3, 0.4) is 0 Å².